The average Bonchev–Trinajstić information content (AvgIpc) is 3.34. The van der Waals surface area contributed by atoms with Crippen LogP contribution in [0.15, 0.2) is 0 Å². The molecule has 0 aromatic rings. The Morgan fingerprint density at radius 1 is 0.909 bits per heavy atom. The quantitative estimate of drug-likeness (QED) is 0.105. The van der Waals surface area contributed by atoms with E-state index in [4.69, 9.17) is 10.5 Å². The summed E-state index contributed by atoms with van der Waals surface area (Å²) >= 11 is 0. The Labute approximate surface area is 268 Å². The molecular formula is C36H68N4O4. The maximum Gasteiger partial charge on any atom is 0.306 e. The highest BCUT2D eigenvalue weighted by Gasteiger charge is 2.65. The van der Waals surface area contributed by atoms with Crippen LogP contribution in [0.3, 0.4) is 0 Å². The van der Waals surface area contributed by atoms with Crippen LogP contribution in [0, 0.1) is 46.3 Å². The van der Waals surface area contributed by atoms with E-state index in [0.29, 0.717) is 42.1 Å². The smallest absolute Gasteiger partial charge is 0.306 e. The van der Waals surface area contributed by atoms with Gasteiger partial charge in [0.05, 0.1) is 18.3 Å². The van der Waals surface area contributed by atoms with E-state index in [9.17, 15) is 15.0 Å². The molecule has 0 radical (unpaired) electrons. The van der Waals surface area contributed by atoms with Crippen molar-refractivity contribution in [1.82, 2.24) is 16.0 Å². The van der Waals surface area contributed by atoms with Gasteiger partial charge in [0.2, 0.25) is 0 Å². The largest absolute Gasteiger partial charge is 0.463 e. The fourth-order valence-corrected chi connectivity index (χ4v) is 10.5. The first-order chi connectivity index (χ1) is 21.0. The van der Waals surface area contributed by atoms with Crippen molar-refractivity contribution in [3.05, 3.63) is 0 Å². The van der Waals surface area contributed by atoms with E-state index in [1.165, 1.54) is 12.8 Å². The second kappa shape index (κ2) is 16.4. The second-order valence-corrected chi connectivity index (χ2v) is 15.9. The van der Waals surface area contributed by atoms with Gasteiger partial charge in [0.1, 0.15) is 0 Å². The van der Waals surface area contributed by atoms with Gasteiger partial charge in [-0.15, -0.1) is 0 Å². The zero-order chi connectivity index (χ0) is 31.9. The number of hydrogen-bond donors (Lipinski definition) is 6. The van der Waals surface area contributed by atoms with Crippen LogP contribution in [0.25, 0.3) is 0 Å². The van der Waals surface area contributed by atoms with E-state index in [1.807, 2.05) is 13.8 Å². The summed E-state index contributed by atoms with van der Waals surface area (Å²) in [6, 6.07) is 0.529. The number of nitrogens with one attached hydrogen (secondary N) is 3. The topological polar surface area (TPSA) is 129 Å². The second-order valence-electron chi connectivity index (χ2n) is 15.9. The fourth-order valence-electron chi connectivity index (χ4n) is 10.5. The monoisotopic (exact) mass is 621 g/mol. The van der Waals surface area contributed by atoms with E-state index in [0.717, 1.165) is 97.1 Å². The van der Waals surface area contributed by atoms with Gasteiger partial charge in [-0.05, 0) is 170 Å². The number of esters is 1. The van der Waals surface area contributed by atoms with Crippen LogP contribution >= 0.6 is 0 Å². The van der Waals surface area contributed by atoms with Crippen LogP contribution in [-0.2, 0) is 9.53 Å². The molecule has 0 aromatic carbocycles. The Morgan fingerprint density at radius 3 is 2.27 bits per heavy atom. The first-order valence-electron chi connectivity index (χ1n) is 18.4. The Morgan fingerprint density at radius 2 is 1.59 bits per heavy atom. The lowest BCUT2D eigenvalue weighted by Crippen LogP contribution is -2.62. The predicted molar refractivity (Wildman–Crippen MR) is 178 cm³/mol. The summed E-state index contributed by atoms with van der Waals surface area (Å²) in [5.41, 5.74) is 5.53. The van der Waals surface area contributed by atoms with Crippen LogP contribution in [-0.4, -0.2) is 79.8 Å². The first-order valence-corrected chi connectivity index (χ1v) is 18.4. The van der Waals surface area contributed by atoms with E-state index in [-0.39, 0.29) is 41.0 Å². The molecule has 8 heteroatoms. The summed E-state index contributed by atoms with van der Waals surface area (Å²) in [5, 5.41) is 34.5. The van der Waals surface area contributed by atoms with Crippen LogP contribution in [0.4, 0.5) is 0 Å². The molecule has 0 aliphatic heterocycles. The van der Waals surface area contributed by atoms with Crippen LogP contribution in [0.1, 0.15) is 112 Å². The minimum Gasteiger partial charge on any atom is -0.463 e. The summed E-state index contributed by atoms with van der Waals surface area (Å²) in [6.07, 6.45) is 11.3. The molecule has 0 spiro atoms. The SMILES string of the molecule is CC(C)OC(=O)CC[C@@H](C)[C@H]1CCC2C3C(C[C@H](O)[C@@]21C)[C@@]1(C)CC[C@H](NCCCNCCCNCCCN)CC1C[C@H]3O. The number of carbonyl (C=O) groups excluding carboxylic acids is 1. The Bertz CT molecular complexity index is 890. The van der Waals surface area contributed by atoms with Crippen LogP contribution < -0.4 is 21.7 Å². The minimum absolute atomic E-state index is 0.0793. The highest BCUT2D eigenvalue weighted by molar-refractivity contribution is 5.69. The van der Waals surface area contributed by atoms with Gasteiger partial charge >= 0.3 is 5.97 Å². The number of aliphatic hydroxyl groups is 2. The molecule has 4 saturated carbocycles. The van der Waals surface area contributed by atoms with Crippen LogP contribution in [0.2, 0.25) is 0 Å². The molecule has 256 valence electrons. The third-order valence-corrected chi connectivity index (χ3v) is 12.9. The van der Waals surface area contributed by atoms with Crippen LogP contribution in [0.5, 0.6) is 0 Å². The Hall–Kier alpha value is -0.770. The van der Waals surface area contributed by atoms with E-state index >= 15 is 0 Å². The molecule has 4 aliphatic carbocycles. The average molecular weight is 621 g/mol. The molecule has 0 saturated heterocycles. The fraction of sp³-hybridized carbons (Fsp3) is 0.972. The summed E-state index contributed by atoms with van der Waals surface area (Å²) in [4.78, 5) is 12.3. The maximum absolute atomic E-state index is 12.3. The molecule has 4 aliphatic rings. The number of ether oxygens (including phenoxy) is 1. The van der Waals surface area contributed by atoms with Gasteiger partial charge in [-0.25, -0.2) is 0 Å². The molecule has 7 N–H and O–H groups in total. The highest BCUT2D eigenvalue weighted by Crippen LogP contribution is 2.68. The maximum atomic E-state index is 12.3. The van der Waals surface area contributed by atoms with Crippen molar-refractivity contribution in [1.29, 1.82) is 0 Å². The number of rotatable bonds is 17. The van der Waals surface area contributed by atoms with Gasteiger partial charge in [0, 0.05) is 12.5 Å². The van der Waals surface area contributed by atoms with E-state index in [2.05, 4.69) is 36.7 Å². The molecule has 8 nitrogen and oxygen atoms in total. The van der Waals surface area contributed by atoms with Crippen molar-refractivity contribution in [3.8, 4) is 0 Å². The van der Waals surface area contributed by atoms with Crippen molar-refractivity contribution in [2.24, 2.45) is 52.1 Å². The highest BCUT2D eigenvalue weighted by atomic mass is 16.5. The standard InChI is InChI=1S/C36H68N4O4/c1-24(2)44-33(43)12-9-25(3)28-10-11-29-34-30(23-32(42)36(28,29)5)35(4)14-13-27(21-26(35)22-31(34)41)40-20-8-19-39-18-7-17-38-16-6-15-37/h24-32,34,38-42H,6-23,37H2,1-5H3/t25-,26?,27+,28-,29?,30?,31-,32+,34?,35+,36-/m1/s1. The first kappa shape index (κ1) is 36.1. The van der Waals surface area contributed by atoms with Crippen molar-refractivity contribution < 1.29 is 19.7 Å². The number of fused-ring (bicyclic) bond motifs is 5. The summed E-state index contributed by atoms with van der Waals surface area (Å²) in [5.74, 6) is 2.13. The third-order valence-electron chi connectivity index (χ3n) is 12.9. The lowest BCUT2D eigenvalue weighted by Gasteiger charge is -2.63. The van der Waals surface area contributed by atoms with Crippen molar-refractivity contribution >= 4 is 5.97 Å². The molecule has 0 bridgehead atoms. The normalized spacial score (nSPS) is 39.0. The summed E-state index contributed by atoms with van der Waals surface area (Å²) in [6.45, 7) is 16.8. The molecule has 0 amide bonds. The van der Waals surface area contributed by atoms with E-state index in [1.54, 1.807) is 0 Å². The third kappa shape index (κ3) is 8.20. The van der Waals surface area contributed by atoms with Crippen molar-refractivity contribution in [2.75, 3.05) is 39.3 Å². The van der Waals surface area contributed by atoms with E-state index < -0.39 is 0 Å². The lowest BCUT2D eigenvalue weighted by atomic mass is 9.43. The summed E-state index contributed by atoms with van der Waals surface area (Å²) < 4.78 is 5.39. The molecule has 4 rings (SSSR count). The lowest BCUT2D eigenvalue weighted by molar-refractivity contribution is -0.202. The zero-order valence-corrected chi connectivity index (χ0v) is 28.8. The molecule has 11 atom stereocenters. The molecule has 4 fully saturated rings. The number of nitrogens with two attached hydrogens (primary N) is 1. The molecular weight excluding hydrogens is 552 g/mol. The van der Waals surface area contributed by atoms with Gasteiger partial charge in [-0.2, -0.15) is 0 Å². The molecule has 4 unspecified atom stereocenters. The van der Waals surface area contributed by atoms with Gasteiger partial charge in [0.15, 0.2) is 0 Å². The summed E-state index contributed by atoms with van der Waals surface area (Å²) in [7, 11) is 0. The van der Waals surface area contributed by atoms with Crippen molar-refractivity contribution in [3.63, 3.8) is 0 Å². The Balaban J connectivity index is 1.26. The zero-order valence-electron chi connectivity index (χ0n) is 28.8. The molecule has 44 heavy (non-hydrogen) atoms. The van der Waals surface area contributed by atoms with Gasteiger partial charge in [-0.3, -0.25) is 4.79 Å². The Kier molecular flexibility index (Phi) is 13.4. The van der Waals surface area contributed by atoms with Gasteiger partial charge < -0.3 is 36.6 Å². The van der Waals surface area contributed by atoms with Gasteiger partial charge in [0.25, 0.3) is 0 Å². The van der Waals surface area contributed by atoms with Crippen molar-refractivity contribution in [2.45, 2.75) is 136 Å². The molecule has 0 heterocycles. The predicted octanol–water partition coefficient (Wildman–Crippen LogP) is 4.22. The number of hydrogen-bond acceptors (Lipinski definition) is 8. The van der Waals surface area contributed by atoms with Gasteiger partial charge in [-0.1, -0.05) is 20.8 Å². The number of carbonyl (C=O) groups is 1. The molecule has 0 aromatic heterocycles. The number of aliphatic hydroxyl groups excluding tert-OH is 2. The minimum atomic E-state index is -0.348.